The number of thiophene rings is 1. The van der Waals surface area contributed by atoms with Crippen molar-refractivity contribution < 1.29 is 27.5 Å². The van der Waals surface area contributed by atoms with Gasteiger partial charge in [-0.15, -0.1) is 11.3 Å². The topological polar surface area (TPSA) is 102 Å². The van der Waals surface area contributed by atoms with Gasteiger partial charge in [-0.3, -0.25) is 4.79 Å². The average Bonchev–Trinajstić information content (AvgIpc) is 3.16. The summed E-state index contributed by atoms with van der Waals surface area (Å²) in [7, 11) is -3.73. The fourth-order valence-corrected chi connectivity index (χ4v) is 7.02. The van der Waals surface area contributed by atoms with Crippen molar-refractivity contribution in [2.24, 2.45) is 5.92 Å². The van der Waals surface area contributed by atoms with Crippen LogP contribution in [0.4, 0.5) is 5.00 Å². The van der Waals surface area contributed by atoms with E-state index in [1.165, 1.54) is 27.8 Å². The zero-order valence-corrected chi connectivity index (χ0v) is 20.4. The molecule has 1 unspecified atom stereocenters. The number of morpholine rings is 1. The zero-order valence-electron chi connectivity index (χ0n) is 18.8. The van der Waals surface area contributed by atoms with E-state index in [9.17, 15) is 18.0 Å². The minimum absolute atomic E-state index is 0.0574. The third-order valence-electron chi connectivity index (χ3n) is 5.92. The van der Waals surface area contributed by atoms with Crippen LogP contribution in [0.3, 0.4) is 0 Å². The van der Waals surface area contributed by atoms with Crippen LogP contribution in [0.15, 0.2) is 29.2 Å². The van der Waals surface area contributed by atoms with Crippen molar-refractivity contribution in [1.29, 1.82) is 0 Å². The summed E-state index contributed by atoms with van der Waals surface area (Å²) in [4.78, 5) is 26.9. The van der Waals surface area contributed by atoms with Gasteiger partial charge in [-0.1, -0.05) is 13.0 Å². The fourth-order valence-electron chi connectivity index (χ4n) is 4.17. The molecule has 1 saturated heterocycles. The summed E-state index contributed by atoms with van der Waals surface area (Å²) < 4.78 is 37.8. The first-order valence-corrected chi connectivity index (χ1v) is 13.4. The monoisotopic (exact) mass is 492 g/mol. The van der Waals surface area contributed by atoms with E-state index in [0.717, 1.165) is 29.7 Å². The number of amides is 1. The molecule has 1 aromatic heterocycles. The number of fused-ring (bicyclic) bond motifs is 1. The molecule has 178 valence electrons. The lowest BCUT2D eigenvalue weighted by molar-refractivity contribution is 0.0526. The van der Waals surface area contributed by atoms with Crippen molar-refractivity contribution in [2.75, 3.05) is 38.2 Å². The number of carbonyl (C=O) groups excluding carboxylic acids is 2. The number of esters is 1. The van der Waals surface area contributed by atoms with E-state index >= 15 is 0 Å². The normalized spacial score (nSPS) is 19.0. The van der Waals surface area contributed by atoms with Crippen LogP contribution >= 0.6 is 11.3 Å². The molecule has 0 radical (unpaired) electrons. The summed E-state index contributed by atoms with van der Waals surface area (Å²) >= 11 is 1.40. The second kappa shape index (κ2) is 9.92. The first-order chi connectivity index (χ1) is 15.8. The number of hydrogen-bond acceptors (Lipinski definition) is 7. The molecule has 1 atom stereocenters. The van der Waals surface area contributed by atoms with Crippen molar-refractivity contribution in [3.8, 4) is 0 Å². The molecule has 0 bridgehead atoms. The Bertz CT molecular complexity index is 1150. The summed E-state index contributed by atoms with van der Waals surface area (Å²) in [5.41, 5.74) is 1.59. The molecule has 2 aromatic rings. The lowest BCUT2D eigenvalue weighted by atomic mass is 9.88. The highest BCUT2D eigenvalue weighted by Gasteiger charge is 2.30. The molecule has 1 aromatic carbocycles. The van der Waals surface area contributed by atoms with Crippen molar-refractivity contribution in [3.05, 3.63) is 45.8 Å². The molecule has 1 amide bonds. The number of nitrogens with one attached hydrogen (secondary N) is 1. The van der Waals surface area contributed by atoms with E-state index in [0.29, 0.717) is 29.7 Å². The smallest absolute Gasteiger partial charge is 0.341 e. The summed E-state index contributed by atoms with van der Waals surface area (Å²) in [5.74, 6) is -0.397. The number of sulfonamides is 1. The molecular formula is C23H28N2O6S2. The minimum Gasteiger partial charge on any atom is -0.462 e. The second-order valence-electron chi connectivity index (χ2n) is 8.27. The van der Waals surface area contributed by atoms with Gasteiger partial charge in [0.15, 0.2) is 0 Å². The van der Waals surface area contributed by atoms with Gasteiger partial charge in [0.25, 0.3) is 5.91 Å². The molecule has 8 nitrogen and oxygen atoms in total. The largest absolute Gasteiger partial charge is 0.462 e. The van der Waals surface area contributed by atoms with E-state index in [4.69, 9.17) is 9.47 Å². The van der Waals surface area contributed by atoms with Crippen LogP contribution in [-0.4, -0.2) is 57.5 Å². The SMILES string of the molecule is CCOC(=O)c1c(NC(=O)c2cccc(S(=O)(=O)N3CCOCC3)c2)sc2c1CCC(C)C2. The fraction of sp³-hybridized carbons (Fsp3) is 0.478. The highest BCUT2D eigenvalue weighted by Crippen LogP contribution is 2.40. The van der Waals surface area contributed by atoms with Crippen molar-refractivity contribution in [2.45, 2.75) is 38.0 Å². The average molecular weight is 493 g/mol. The first-order valence-electron chi connectivity index (χ1n) is 11.1. The van der Waals surface area contributed by atoms with Gasteiger partial charge in [-0.2, -0.15) is 4.31 Å². The van der Waals surface area contributed by atoms with Crippen LogP contribution in [0, 0.1) is 5.92 Å². The minimum atomic E-state index is -3.73. The van der Waals surface area contributed by atoms with Gasteiger partial charge in [-0.05, 0) is 55.9 Å². The van der Waals surface area contributed by atoms with Crippen LogP contribution in [0.5, 0.6) is 0 Å². The highest BCUT2D eigenvalue weighted by molar-refractivity contribution is 7.89. The van der Waals surface area contributed by atoms with Crippen LogP contribution in [-0.2, 0) is 32.3 Å². The highest BCUT2D eigenvalue weighted by atomic mass is 32.2. The van der Waals surface area contributed by atoms with Crippen LogP contribution < -0.4 is 5.32 Å². The summed E-state index contributed by atoms with van der Waals surface area (Å²) in [6.07, 6.45) is 2.60. The molecule has 2 heterocycles. The number of ether oxygens (including phenoxy) is 2. The number of benzene rings is 1. The molecule has 1 fully saturated rings. The Hall–Kier alpha value is -2.27. The number of carbonyl (C=O) groups is 2. The second-order valence-corrected chi connectivity index (χ2v) is 11.3. The standard InChI is InChI=1S/C23H28N2O6S2/c1-3-31-23(27)20-18-8-7-15(2)13-19(18)32-22(20)24-21(26)16-5-4-6-17(14-16)33(28,29)25-9-11-30-12-10-25/h4-6,14-15H,3,7-13H2,1-2H3,(H,24,26). The molecular weight excluding hydrogens is 464 g/mol. The molecule has 33 heavy (non-hydrogen) atoms. The Labute approximate surface area is 197 Å². The first kappa shape index (κ1) is 23.9. The Morgan fingerprint density at radius 1 is 1.27 bits per heavy atom. The van der Waals surface area contributed by atoms with E-state index in [1.807, 2.05) is 0 Å². The van der Waals surface area contributed by atoms with Gasteiger partial charge in [0.05, 0.1) is 30.3 Å². The molecule has 10 heteroatoms. The molecule has 1 aliphatic carbocycles. The van der Waals surface area contributed by atoms with Gasteiger partial charge in [-0.25, -0.2) is 13.2 Å². The maximum absolute atomic E-state index is 13.1. The Morgan fingerprint density at radius 2 is 2.03 bits per heavy atom. The number of nitrogens with zero attached hydrogens (tertiary/aromatic N) is 1. The quantitative estimate of drug-likeness (QED) is 0.621. The van der Waals surface area contributed by atoms with E-state index in [1.54, 1.807) is 19.1 Å². The van der Waals surface area contributed by atoms with Gasteiger partial charge >= 0.3 is 5.97 Å². The number of hydrogen-bond donors (Lipinski definition) is 1. The van der Waals surface area contributed by atoms with Crippen molar-refractivity contribution in [1.82, 2.24) is 4.31 Å². The van der Waals surface area contributed by atoms with Crippen molar-refractivity contribution >= 4 is 38.2 Å². The summed E-state index contributed by atoms with van der Waals surface area (Å²) in [5, 5.41) is 3.30. The number of anilines is 1. The Morgan fingerprint density at radius 3 is 2.76 bits per heavy atom. The molecule has 1 N–H and O–H groups in total. The summed E-state index contributed by atoms with van der Waals surface area (Å²) in [6, 6.07) is 5.97. The van der Waals surface area contributed by atoms with Gasteiger partial charge in [0, 0.05) is 23.5 Å². The van der Waals surface area contributed by atoms with Crippen molar-refractivity contribution in [3.63, 3.8) is 0 Å². The predicted molar refractivity (Wildman–Crippen MR) is 125 cm³/mol. The van der Waals surface area contributed by atoms with E-state index < -0.39 is 21.9 Å². The zero-order chi connectivity index (χ0) is 23.6. The lowest BCUT2D eigenvalue weighted by Crippen LogP contribution is -2.40. The maximum atomic E-state index is 13.1. The molecule has 1 aliphatic heterocycles. The number of rotatable bonds is 6. The van der Waals surface area contributed by atoms with E-state index in [-0.39, 0.29) is 30.2 Å². The predicted octanol–water partition coefficient (Wildman–Crippen LogP) is 3.32. The Kier molecular flexibility index (Phi) is 7.18. The maximum Gasteiger partial charge on any atom is 0.341 e. The van der Waals surface area contributed by atoms with Crippen LogP contribution in [0.25, 0.3) is 0 Å². The third kappa shape index (κ3) is 4.98. The summed E-state index contributed by atoms with van der Waals surface area (Å²) in [6.45, 7) is 5.41. The molecule has 4 rings (SSSR count). The lowest BCUT2D eigenvalue weighted by Gasteiger charge is -2.26. The molecule has 0 spiro atoms. The third-order valence-corrected chi connectivity index (χ3v) is 8.99. The van der Waals surface area contributed by atoms with E-state index in [2.05, 4.69) is 12.2 Å². The molecule has 2 aliphatic rings. The Balaban J connectivity index is 1.61. The molecule has 0 saturated carbocycles. The van der Waals surface area contributed by atoms with Crippen LogP contribution in [0.1, 0.15) is 51.4 Å². The van der Waals surface area contributed by atoms with Gasteiger partial charge < -0.3 is 14.8 Å². The van der Waals surface area contributed by atoms with Gasteiger partial charge in [0.1, 0.15) is 5.00 Å². The van der Waals surface area contributed by atoms with Gasteiger partial charge in [0.2, 0.25) is 10.0 Å². The van der Waals surface area contributed by atoms with Crippen LogP contribution in [0.2, 0.25) is 0 Å².